The molecule has 14 heavy (non-hydrogen) atoms. The first-order valence-electron chi connectivity index (χ1n) is 4.37. The van der Waals surface area contributed by atoms with Gasteiger partial charge in [-0.3, -0.25) is 9.36 Å². The van der Waals surface area contributed by atoms with Crippen molar-refractivity contribution in [2.45, 2.75) is 31.0 Å². The van der Waals surface area contributed by atoms with E-state index in [4.69, 9.17) is 20.6 Å². The van der Waals surface area contributed by atoms with Crippen molar-refractivity contribution >= 4 is 13.6 Å². The maximum absolute atomic E-state index is 11.0. The van der Waals surface area contributed by atoms with Gasteiger partial charge in [-0.25, -0.2) is 0 Å². The highest BCUT2D eigenvalue weighted by molar-refractivity contribution is 7.52. The predicted octanol–water partition coefficient (Wildman–Crippen LogP) is -0.255. The fourth-order valence-electron chi connectivity index (χ4n) is 1.99. The minimum absolute atomic E-state index is 0.357. The molecule has 1 aliphatic rings. The Hall–Kier alpha value is -0.420. The lowest BCUT2D eigenvalue weighted by Gasteiger charge is -2.23. The van der Waals surface area contributed by atoms with E-state index in [-0.39, 0.29) is 0 Å². The smallest absolute Gasteiger partial charge is 0.328 e. The van der Waals surface area contributed by atoms with Crippen LogP contribution in [0, 0.1) is 5.92 Å². The number of hydrogen-bond donors (Lipinski definition) is 4. The van der Waals surface area contributed by atoms with E-state index in [1.54, 1.807) is 0 Å². The second-order valence-corrected chi connectivity index (χ2v) is 5.46. The Labute approximate surface area is 81.3 Å². The van der Waals surface area contributed by atoms with Crippen LogP contribution in [0.2, 0.25) is 0 Å². The molecule has 0 aromatic heterocycles. The molecule has 0 unspecified atom stereocenters. The van der Waals surface area contributed by atoms with E-state index in [1.807, 2.05) is 0 Å². The lowest BCUT2D eigenvalue weighted by Crippen LogP contribution is -2.41. The molecule has 1 saturated carbocycles. The molecule has 3 atom stereocenters. The average Bonchev–Trinajstić information content (AvgIpc) is 2.48. The third-order valence-electron chi connectivity index (χ3n) is 2.71. The molecule has 0 spiro atoms. The first kappa shape index (κ1) is 11.7. The van der Waals surface area contributed by atoms with Gasteiger partial charge in [-0.15, -0.1) is 0 Å². The number of aliphatic carboxylic acids is 1. The fraction of sp³-hybridized carbons (Fsp3) is 0.857. The van der Waals surface area contributed by atoms with Crippen LogP contribution in [-0.2, 0) is 9.36 Å². The van der Waals surface area contributed by atoms with Crippen molar-refractivity contribution in [1.82, 2.24) is 0 Å². The van der Waals surface area contributed by atoms with Crippen LogP contribution in [0.1, 0.15) is 19.3 Å². The SMILES string of the molecule is N[C@H](C(=O)O)[C@H]1CCC[C@H]1P(=O)(O)O. The zero-order valence-corrected chi connectivity index (χ0v) is 8.43. The fourth-order valence-corrected chi connectivity index (χ4v) is 3.34. The number of carbonyl (C=O) groups is 1. The number of hydrogen-bond acceptors (Lipinski definition) is 3. The minimum atomic E-state index is -4.21. The van der Waals surface area contributed by atoms with E-state index in [0.717, 1.165) is 0 Å². The van der Waals surface area contributed by atoms with E-state index in [0.29, 0.717) is 19.3 Å². The highest BCUT2D eigenvalue weighted by atomic mass is 31.2. The number of rotatable bonds is 3. The number of carboxylic acids is 1. The largest absolute Gasteiger partial charge is 0.480 e. The second-order valence-electron chi connectivity index (χ2n) is 3.62. The summed E-state index contributed by atoms with van der Waals surface area (Å²) in [6.07, 6.45) is 1.46. The van der Waals surface area contributed by atoms with Crippen LogP contribution in [0.3, 0.4) is 0 Å². The van der Waals surface area contributed by atoms with Gasteiger partial charge in [-0.1, -0.05) is 6.42 Å². The van der Waals surface area contributed by atoms with Crippen molar-refractivity contribution in [2.24, 2.45) is 11.7 Å². The molecular weight excluding hydrogens is 209 g/mol. The van der Waals surface area contributed by atoms with Gasteiger partial charge in [0.2, 0.25) is 0 Å². The van der Waals surface area contributed by atoms with Crippen molar-refractivity contribution in [1.29, 1.82) is 0 Å². The Morgan fingerprint density at radius 1 is 1.43 bits per heavy atom. The van der Waals surface area contributed by atoms with Crippen LogP contribution in [0.25, 0.3) is 0 Å². The molecule has 7 heteroatoms. The molecule has 6 nitrogen and oxygen atoms in total. The van der Waals surface area contributed by atoms with Crippen LogP contribution in [-0.4, -0.2) is 32.6 Å². The van der Waals surface area contributed by atoms with E-state index >= 15 is 0 Å². The van der Waals surface area contributed by atoms with Gasteiger partial charge in [0, 0.05) is 0 Å². The Morgan fingerprint density at radius 3 is 2.43 bits per heavy atom. The third kappa shape index (κ3) is 2.33. The molecule has 0 bridgehead atoms. The van der Waals surface area contributed by atoms with Gasteiger partial charge in [0.25, 0.3) is 0 Å². The molecule has 1 rings (SSSR count). The van der Waals surface area contributed by atoms with Gasteiger partial charge in [0.05, 0.1) is 5.66 Å². The van der Waals surface area contributed by atoms with Crippen LogP contribution >= 0.6 is 7.60 Å². The van der Waals surface area contributed by atoms with Crippen molar-refractivity contribution in [3.05, 3.63) is 0 Å². The Bertz CT molecular complexity index is 275. The van der Waals surface area contributed by atoms with Crippen molar-refractivity contribution in [2.75, 3.05) is 0 Å². The van der Waals surface area contributed by atoms with Gasteiger partial charge in [0.15, 0.2) is 0 Å². The van der Waals surface area contributed by atoms with Crippen molar-refractivity contribution in [3.63, 3.8) is 0 Å². The summed E-state index contributed by atoms with van der Waals surface area (Å²) in [5.41, 5.74) is 4.49. The predicted molar refractivity (Wildman–Crippen MR) is 48.8 cm³/mol. The lowest BCUT2D eigenvalue weighted by atomic mass is 9.99. The summed E-state index contributed by atoms with van der Waals surface area (Å²) in [6, 6.07) is -1.17. The van der Waals surface area contributed by atoms with Crippen molar-refractivity contribution in [3.8, 4) is 0 Å². The first-order chi connectivity index (χ1) is 6.34. The molecule has 0 heterocycles. The zero-order valence-electron chi connectivity index (χ0n) is 7.54. The van der Waals surface area contributed by atoms with Gasteiger partial charge in [0.1, 0.15) is 6.04 Å². The summed E-state index contributed by atoms with van der Waals surface area (Å²) in [5.74, 6) is -1.80. The summed E-state index contributed by atoms with van der Waals surface area (Å²) in [4.78, 5) is 28.5. The van der Waals surface area contributed by atoms with E-state index in [9.17, 15) is 9.36 Å². The molecule has 1 aliphatic carbocycles. The van der Waals surface area contributed by atoms with Gasteiger partial charge >= 0.3 is 13.6 Å². The Morgan fingerprint density at radius 2 is 2.00 bits per heavy atom. The maximum Gasteiger partial charge on any atom is 0.328 e. The van der Waals surface area contributed by atoms with E-state index in [1.165, 1.54) is 0 Å². The molecule has 0 aromatic rings. The standard InChI is InChI=1S/C7H14NO5P/c8-6(7(9)10)4-2-1-3-5(4)14(11,12)13/h4-6H,1-3,8H2,(H,9,10)(H2,11,12,13)/t4-,5+,6-/m0/s1. The van der Waals surface area contributed by atoms with E-state index in [2.05, 4.69) is 0 Å². The molecule has 1 fully saturated rings. The molecule has 5 N–H and O–H groups in total. The van der Waals surface area contributed by atoms with Crippen LogP contribution in [0.15, 0.2) is 0 Å². The van der Waals surface area contributed by atoms with Gasteiger partial charge in [-0.05, 0) is 18.8 Å². The first-order valence-corrected chi connectivity index (χ1v) is 6.06. The summed E-state index contributed by atoms with van der Waals surface area (Å²) in [7, 11) is -4.21. The van der Waals surface area contributed by atoms with Gasteiger partial charge < -0.3 is 20.6 Å². The maximum atomic E-state index is 11.0. The number of nitrogens with two attached hydrogens (primary N) is 1. The summed E-state index contributed by atoms with van der Waals surface area (Å²) >= 11 is 0. The highest BCUT2D eigenvalue weighted by Gasteiger charge is 2.44. The molecule has 82 valence electrons. The molecule has 0 aliphatic heterocycles. The topological polar surface area (TPSA) is 121 Å². The highest BCUT2D eigenvalue weighted by Crippen LogP contribution is 2.52. The van der Waals surface area contributed by atoms with Crippen molar-refractivity contribution < 1.29 is 24.3 Å². The Balaban J connectivity index is 2.79. The van der Waals surface area contributed by atoms with Crippen LogP contribution in [0.5, 0.6) is 0 Å². The summed E-state index contributed by atoms with van der Waals surface area (Å²) in [6.45, 7) is 0. The molecule has 0 aromatic carbocycles. The quantitative estimate of drug-likeness (QED) is 0.489. The molecule has 0 amide bonds. The third-order valence-corrected chi connectivity index (χ3v) is 4.22. The molecule has 0 radical (unpaired) electrons. The second kappa shape index (κ2) is 3.98. The summed E-state index contributed by atoms with van der Waals surface area (Å²) < 4.78 is 11.0. The molecule has 0 saturated heterocycles. The minimum Gasteiger partial charge on any atom is -0.480 e. The zero-order chi connectivity index (χ0) is 10.9. The molecular formula is C7H14NO5P. The van der Waals surface area contributed by atoms with E-state index < -0.39 is 31.2 Å². The lowest BCUT2D eigenvalue weighted by molar-refractivity contribution is -0.139. The number of carboxylic acid groups (broad SMARTS) is 1. The van der Waals surface area contributed by atoms with Crippen LogP contribution in [0.4, 0.5) is 0 Å². The average molecular weight is 223 g/mol. The summed E-state index contributed by atoms with van der Waals surface area (Å²) in [5, 5.41) is 8.65. The normalized spacial score (nSPS) is 30.2. The Kier molecular flexibility index (Phi) is 3.32. The van der Waals surface area contributed by atoms with Crippen LogP contribution < -0.4 is 5.73 Å². The monoisotopic (exact) mass is 223 g/mol. The van der Waals surface area contributed by atoms with Gasteiger partial charge in [-0.2, -0.15) is 0 Å².